The average Bonchev–Trinajstić information content (AvgIpc) is 2.87. The van der Waals surface area contributed by atoms with Crippen LogP contribution in [0.15, 0.2) is 77.3 Å². The number of thiocarbonyl (C=S) groups is 1. The van der Waals surface area contributed by atoms with Crippen LogP contribution < -0.4 is 25.6 Å². The van der Waals surface area contributed by atoms with E-state index in [1.165, 1.54) is 0 Å². The summed E-state index contributed by atoms with van der Waals surface area (Å²) in [6.45, 7) is 4.63. The minimum atomic E-state index is -0.454. The van der Waals surface area contributed by atoms with Gasteiger partial charge in [-0.2, -0.15) is 0 Å². The topological polar surface area (TPSA) is 88.7 Å². The van der Waals surface area contributed by atoms with Gasteiger partial charge in [0.2, 0.25) is 0 Å². The van der Waals surface area contributed by atoms with Crippen LogP contribution in [-0.2, 0) is 4.79 Å². The van der Waals surface area contributed by atoms with Crippen LogP contribution in [0.2, 0.25) is 0 Å². The molecule has 0 spiro atoms. The molecule has 2 amide bonds. The van der Waals surface area contributed by atoms with Crippen molar-refractivity contribution in [1.82, 2.24) is 16.2 Å². The second-order valence-corrected chi connectivity index (χ2v) is 9.57. The maximum atomic E-state index is 12.5. The summed E-state index contributed by atoms with van der Waals surface area (Å²) in [6.07, 6.45) is 0.936. The molecule has 3 rings (SSSR count). The summed E-state index contributed by atoms with van der Waals surface area (Å²) in [6, 6.07) is 22.4. The number of hydrazine groups is 1. The largest absolute Gasteiger partial charge is 0.492 e. The number of benzene rings is 3. The van der Waals surface area contributed by atoms with Gasteiger partial charge in [-0.1, -0.05) is 56.3 Å². The number of hydrogen-bond donors (Lipinski definition) is 3. The summed E-state index contributed by atoms with van der Waals surface area (Å²) in [5.41, 5.74) is 7.43. The fourth-order valence-electron chi connectivity index (χ4n) is 3.06. The zero-order chi connectivity index (χ0) is 25.9. The molecule has 0 bridgehead atoms. The first-order chi connectivity index (χ1) is 17.3. The third-order valence-corrected chi connectivity index (χ3v) is 5.84. The van der Waals surface area contributed by atoms with Gasteiger partial charge in [-0.05, 0) is 81.9 Å². The fraction of sp³-hybridized carbons (Fsp3) is 0.222. The molecule has 188 valence electrons. The van der Waals surface area contributed by atoms with Gasteiger partial charge < -0.3 is 9.47 Å². The van der Waals surface area contributed by atoms with Crippen molar-refractivity contribution in [2.75, 3.05) is 13.2 Å². The molecule has 3 aromatic carbocycles. The Morgan fingerprint density at radius 1 is 0.917 bits per heavy atom. The van der Waals surface area contributed by atoms with Gasteiger partial charge in [-0.25, -0.2) is 0 Å². The molecular weight excluding hydrogens is 542 g/mol. The number of amides is 2. The third kappa shape index (κ3) is 8.66. The lowest BCUT2D eigenvalue weighted by molar-refractivity contribution is -0.123. The van der Waals surface area contributed by atoms with Crippen LogP contribution in [0, 0.1) is 5.92 Å². The predicted molar refractivity (Wildman–Crippen MR) is 148 cm³/mol. The molecule has 0 aliphatic rings. The maximum Gasteiger partial charge on any atom is 0.276 e. The van der Waals surface area contributed by atoms with Crippen molar-refractivity contribution in [2.24, 2.45) is 5.92 Å². The van der Waals surface area contributed by atoms with Crippen LogP contribution in [0.5, 0.6) is 11.5 Å². The molecular formula is C27H28BrN3O4S. The Kier molecular flexibility index (Phi) is 10.3. The lowest BCUT2D eigenvalue weighted by atomic mass is 10.1. The summed E-state index contributed by atoms with van der Waals surface area (Å²) in [5.74, 6) is 0.883. The molecule has 0 aromatic heterocycles. The van der Waals surface area contributed by atoms with Crippen molar-refractivity contribution in [3.8, 4) is 22.6 Å². The Labute approximate surface area is 224 Å². The molecule has 3 aromatic rings. The van der Waals surface area contributed by atoms with E-state index in [4.69, 9.17) is 21.7 Å². The zero-order valence-corrected chi connectivity index (χ0v) is 22.4. The molecule has 0 heterocycles. The number of carbonyl (C=O) groups excluding carboxylic acids is 2. The fourth-order valence-corrected chi connectivity index (χ4v) is 3.69. The number of ether oxygens (including phenoxy) is 2. The first-order valence-electron chi connectivity index (χ1n) is 11.4. The molecule has 0 radical (unpaired) electrons. The lowest BCUT2D eigenvalue weighted by Crippen LogP contribution is -2.49. The van der Waals surface area contributed by atoms with E-state index in [1.54, 1.807) is 30.3 Å². The third-order valence-electron chi connectivity index (χ3n) is 5.02. The Balaban J connectivity index is 1.40. The van der Waals surface area contributed by atoms with Gasteiger partial charge >= 0.3 is 0 Å². The van der Waals surface area contributed by atoms with Crippen LogP contribution in [0.1, 0.15) is 30.6 Å². The van der Waals surface area contributed by atoms with Gasteiger partial charge in [0.05, 0.1) is 11.1 Å². The SMILES string of the molecule is CC(C)CCOc1ccc(C(=O)NC(=S)NNC(=O)COc2ccc(-c3ccccc3)cc2)cc1Br. The highest BCUT2D eigenvalue weighted by Gasteiger charge is 2.12. The number of hydrogen-bond acceptors (Lipinski definition) is 5. The molecule has 0 aliphatic heterocycles. The van der Waals surface area contributed by atoms with Gasteiger partial charge in [-0.3, -0.25) is 25.8 Å². The summed E-state index contributed by atoms with van der Waals surface area (Å²) in [5, 5.41) is 2.47. The predicted octanol–water partition coefficient (Wildman–Crippen LogP) is 5.26. The summed E-state index contributed by atoms with van der Waals surface area (Å²) < 4.78 is 11.9. The Morgan fingerprint density at radius 2 is 1.61 bits per heavy atom. The van der Waals surface area contributed by atoms with Gasteiger partial charge in [0.25, 0.3) is 11.8 Å². The molecule has 0 atom stereocenters. The Bertz CT molecular complexity index is 1190. The minimum absolute atomic E-state index is 0.0473. The highest BCUT2D eigenvalue weighted by molar-refractivity contribution is 9.10. The van der Waals surface area contributed by atoms with Crippen molar-refractivity contribution < 1.29 is 19.1 Å². The highest BCUT2D eigenvalue weighted by atomic mass is 79.9. The molecule has 0 saturated heterocycles. The second-order valence-electron chi connectivity index (χ2n) is 8.31. The molecule has 36 heavy (non-hydrogen) atoms. The summed E-state index contributed by atoms with van der Waals surface area (Å²) in [4.78, 5) is 24.6. The number of carbonyl (C=O) groups is 2. The van der Waals surface area contributed by atoms with Crippen LogP contribution in [0.4, 0.5) is 0 Å². The molecule has 9 heteroatoms. The van der Waals surface area contributed by atoms with E-state index in [0.717, 1.165) is 17.5 Å². The summed E-state index contributed by atoms with van der Waals surface area (Å²) >= 11 is 8.52. The van der Waals surface area contributed by atoms with E-state index in [0.29, 0.717) is 34.1 Å². The van der Waals surface area contributed by atoms with E-state index in [9.17, 15) is 9.59 Å². The smallest absolute Gasteiger partial charge is 0.276 e. The summed E-state index contributed by atoms with van der Waals surface area (Å²) in [7, 11) is 0. The van der Waals surface area contributed by atoms with E-state index in [1.807, 2.05) is 42.5 Å². The van der Waals surface area contributed by atoms with Gasteiger partial charge in [-0.15, -0.1) is 0 Å². The van der Waals surface area contributed by atoms with Crippen LogP contribution in [0.3, 0.4) is 0 Å². The maximum absolute atomic E-state index is 12.5. The first-order valence-corrected chi connectivity index (χ1v) is 12.6. The zero-order valence-electron chi connectivity index (χ0n) is 20.0. The van der Waals surface area contributed by atoms with Crippen molar-refractivity contribution in [2.45, 2.75) is 20.3 Å². The van der Waals surface area contributed by atoms with Crippen LogP contribution >= 0.6 is 28.1 Å². The van der Waals surface area contributed by atoms with Gasteiger partial charge in [0, 0.05) is 5.56 Å². The molecule has 7 nitrogen and oxygen atoms in total. The number of halogens is 1. The molecule has 0 saturated carbocycles. The normalized spacial score (nSPS) is 10.4. The monoisotopic (exact) mass is 569 g/mol. The standard InChI is InChI=1S/C27H28BrN3O4S/c1-18(2)14-15-34-24-13-10-21(16-23(24)28)26(33)29-27(36)31-30-25(32)17-35-22-11-8-20(9-12-22)19-6-4-3-5-7-19/h3-13,16,18H,14-15,17H2,1-2H3,(H,30,32)(H2,29,31,33,36). The van der Waals surface area contributed by atoms with Crippen LogP contribution in [-0.4, -0.2) is 30.1 Å². The molecule has 3 N–H and O–H groups in total. The van der Waals surface area contributed by atoms with Crippen LogP contribution in [0.25, 0.3) is 11.1 Å². The van der Waals surface area contributed by atoms with Crippen molar-refractivity contribution >= 4 is 45.1 Å². The molecule has 0 unspecified atom stereocenters. The highest BCUT2D eigenvalue weighted by Crippen LogP contribution is 2.26. The number of rotatable bonds is 9. The van der Waals surface area contributed by atoms with E-state index in [-0.39, 0.29) is 11.7 Å². The molecule has 0 fully saturated rings. The minimum Gasteiger partial charge on any atom is -0.492 e. The van der Waals surface area contributed by atoms with Gasteiger partial charge in [0.15, 0.2) is 11.7 Å². The lowest BCUT2D eigenvalue weighted by Gasteiger charge is -2.13. The Morgan fingerprint density at radius 3 is 2.28 bits per heavy atom. The van der Waals surface area contributed by atoms with Crippen molar-refractivity contribution in [1.29, 1.82) is 0 Å². The van der Waals surface area contributed by atoms with Crippen molar-refractivity contribution in [3.63, 3.8) is 0 Å². The first kappa shape index (κ1) is 27.2. The van der Waals surface area contributed by atoms with Gasteiger partial charge in [0.1, 0.15) is 11.5 Å². The second kappa shape index (κ2) is 13.6. The Hall–Kier alpha value is -3.43. The molecule has 0 aliphatic carbocycles. The average molecular weight is 571 g/mol. The quantitative estimate of drug-likeness (QED) is 0.241. The van der Waals surface area contributed by atoms with E-state index >= 15 is 0 Å². The van der Waals surface area contributed by atoms with Crippen molar-refractivity contribution in [3.05, 3.63) is 82.8 Å². The van der Waals surface area contributed by atoms with E-state index in [2.05, 4.69) is 45.9 Å². The van der Waals surface area contributed by atoms with E-state index < -0.39 is 11.8 Å². The number of nitrogens with one attached hydrogen (secondary N) is 3.